The van der Waals surface area contributed by atoms with Gasteiger partial charge >= 0.3 is 0 Å². The molecule has 0 fully saturated rings. The molecule has 0 saturated carbocycles. The first-order valence-electron chi connectivity index (χ1n) is 7.07. The number of hydrogen-bond donors (Lipinski definition) is 3. The van der Waals surface area contributed by atoms with Crippen LogP contribution in [0.4, 0.5) is 0 Å². The minimum absolute atomic E-state index is 0.264. The first kappa shape index (κ1) is 17.6. The van der Waals surface area contributed by atoms with Gasteiger partial charge in [0.05, 0.1) is 22.7 Å². The van der Waals surface area contributed by atoms with Gasteiger partial charge in [-0.1, -0.05) is 23.7 Å². The van der Waals surface area contributed by atoms with E-state index in [-0.39, 0.29) is 17.1 Å². The van der Waals surface area contributed by atoms with Gasteiger partial charge in [-0.25, -0.2) is 0 Å². The first-order chi connectivity index (χ1) is 11.4. The third kappa shape index (κ3) is 4.36. The molecule has 24 heavy (non-hydrogen) atoms. The Labute approximate surface area is 143 Å². The topological polar surface area (TPSA) is 100 Å². The van der Waals surface area contributed by atoms with Gasteiger partial charge in [0.15, 0.2) is 0 Å². The van der Waals surface area contributed by atoms with Gasteiger partial charge in [0.1, 0.15) is 11.5 Å². The van der Waals surface area contributed by atoms with Crippen molar-refractivity contribution in [1.82, 2.24) is 16.2 Å². The lowest BCUT2D eigenvalue weighted by molar-refractivity contribution is -0.120. The van der Waals surface area contributed by atoms with Crippen LogP contribution in [0.2, 0.25) is 5.02 Å². The summed E-state index contributed by atoms with van der Waals surface area (Å²) in [5.74, 6) is -0.526. The molecule has 126 valence electrons. The maximum atomic E-state index is 11.9. The molecule has 3 amide bonds. The monoisotopic (exact) mass is 349 g/mol. The molecule has 3 N–H and O–H groups in total. The number of furan rings is 1. The highest BCUT2D eigenvalue weighted by Crippen LogP contribution is 2.14. The average Bonchev–Trinajstić information content (AvgIpc) is 2.89. The summed E-state index contributed by atoms with van der Waals surface area (Å²) in [5.41, 5.74) is 5.05. The van der Waals surface area contributed by atoms with Gasteiger partial charge in [-0.05, 0) is 32.0 Å². The van der Waals surface area contributed by atoms with E-state index >= 15 is 0 Å². The Morgan fingerprint density at radius 2 is 1.75 bits per heavy atom. The lowest BCUT2D eigenvalue weighted by Gasteiger charge is -2.08. The van der Waals surface area contributed by atoms with Crippen molar-refractivity contribution >= 4 is 29.3 Å². The van der Waals surface area contributed by atoms with Crippen LogP contribution in [0.3, 0.4) is 0 Å². The summed E-state index contributed by atoms with van der Waals surface area (Å²) >= 11 is 5.89. The molecule has 0 spiro atoms. The van der Waals surface area contributed by atoms with Crippen molar-refractivity contribution in [2.45, 2.75) is 13.8 Å². The van der Waals surface area contributed by atoms with Gasteiger partial charge in [0.2, 0.25) is 0 Å². The zero-order chi connectivity index (χ0) is 17.7. The van der Waals surface area contributed by atoms with E-state index in [0.717, 1.165) is 0 Å². The van der Waals surface area contributed by atoms with Crippen LogP contribution in [0, 0.1) is 13.8 Å². The number of carbonyl (C=O) groups is 3. The van der Waals surface area contributed by atoms with Gasteiger partial charge in [0.25, 0.3) is 17.7 Å². The van der Waals surface area contributed by atoms with Crippen LogP contribution in [0.1, 0.15) is 32.2 Å². The molecule has 0 radical (unpaired) electrons. The highest BCUT2D eigenvalue weighted by Gasteiger charge is 2.15. The number of amides is 3. The largest absolute Gasteiger partial charge is 0.466 e. The molecule has 0 atom stereocenters. The van der Waals surface area contributed by atoms with Crippen molar-refractivity contribution in [3.63, 3.8) is 0 Å². The minimum atomic E-state index is -0.582. The average molecular weight is 350 g/mol. The standard InChI is InChI=1S/C16H16ClN3O4/c1-9-7-12(10(2)24-9)16(23)20-19-14(21)8-18-15(22)11-5-3-4-6-13(11)17/h3-7H,8H2,1-2H3,(H,18,22)(H,19,21)(H,20,23). The summed E-state index contributed by atoms with van der Waals surface area (Å²) in [6.45, 7) is 3.05. The van der Waals surface area contributed by atoms with Gasteiger partial charge in [-0.3, -0.25) is 25.2 Å². The van der Waals surface area contributed by atoms with E-state index in [1.807, 2.05) is 0 Å². The highest BCUT2D eigenvalue weighted by molar-refractivity contribution is 6.33. The predicted octanol–water partition coefficient (Wildman–Crippen LogP) is 1.74. The Hall–Kier alpha value is -2.80. The van der Waals surface area contributed by atoms with Crippen LogP contribution >= 0.6 is 11.6 Å². The number of hydrogen-bond acceptors (Lipinski definition) is 4. The molecular formula is C16H16ClN3O4. The third-order valence-corrected chi connectivity index (χ3v) is 3.46. The summed E-state index contributed by atoms with van der Waals surface area (Å²) in [5, 5.41) is 2.70. The Morgan fingerprint density at radius 1 is 1.04 bits per heavy atom. The maximum absolute atomic E-state index is 11.9. The lowest BCUT2D eigenvalue weighted by atomic mass is 10.2. The lowest BCUT2D eigenvalue weighted by Crippen LogP contribution is -2.46. The summed E-state index contributed by atoms with van der Waals surface area (Å²) in [4.78, 5) is 35.5. The molecule has 1 heterocycles. The normalized spacial score (nSPS) is 10.1. The van der Waals surface area contributed by atoms with Crippen molar-refractivity contribution in [3.05, 3.63) is 58.0 Å². The quantitative estimate of drug-likeness (QED) is 0.732. The van der Waals surface area contributed by atoms with E-state index in [9.17, 15) is 14.4 Å². The number of aryl methyl sites for hydroxylation is 2. The van der Waals surface area contributed by atoms with E-state index in [1.54, 1.807) is 44.2 Å². The molecule has 2 aromatic rings. The zero-order valence-electron chi connectivity index (χ0n) is 13.1. The molecule has 8 heteroatoms. The van der Waals surface area contributed by atoms with Crippen LogP contribution in [0.15, 0.2) is 34.7 Å². The van der Waals surface area contributed by atoms with Crippen molar-refractivity contribution in [3.8, 4) is 0 Å². The van der Waals surface area contributed by atoms with Gasteiger partial charge in [-0.2, -0.15) is 0 Å². The fourth-order valence-electron chi connectivity index (χ4n) is 2.00. The second-order valence-electron chi connectivity index (χ2n) is 4.99. The van der Waals surface area contributed by atoms with Crippen LogP contribution in [-0.4, -0.2) is 24.3 Å². The molecule has 2 rings (SSSR count). The number of benzene rings is 1. The molecule has 0 bridgehead atoms. The Morgan fingerprint density at radius 3 is 2.38 bits per heavy atom. The Kier molecular flexibility index (Phi) is 5.59. The Balaban J connectivity index is 1.81. The number of carbonyl (C=O) groups excluding carboxylic acids is 3. The first-order valence-corrected chi connectivity index (χ1v) is 7.45. The number of nitrogens with one attached hydrogen (secondary N) is 3. The molecule has 7 nitrogen and oxygen atoms in total. The van der Waals surface area contributed by atoms with Gasteiger partial charge in [0, 0.05) is 0 Å². The molecule has 0 unspecified atom stereocenters. The molecule has 0 aliphatic heterocycles. The van der Waals surface area contributed by atoms with Crippen LogP contribution in [0.5, 0.6) is 0 Å². The van der Waals surface area contributed by atoms with Gasteiger partial charge < -0.3 is 9.73 Å². The van der Waals surface area contributed by atoms with Crippen molar-refractivity contribution in [1.29, 1.82) is 0 Å². The molecule has 1 aromatic heterocycles. The summed E-state index contributed by atoms with van der Waals surface area (Å²) in [7, 11) is 0. The maximum Gasteiger partial charge on any atom is 0.273 e. The second-order valence-corrected chi connectivity index (χ2v) is 5.40. The molecule has 0 aliphatic carbocycles. The zero-order valence-corrected chi connectivity index (χ0v) is 13.9. The predicted molar refractivity (Wildman–Crippen MR) is 87.6 cm³/mol. The Bertz CT molecular complexity index is 785. The summed E-state index contributed by atoms with van der Waals surface area (Å²) in [6.07, 6.45) is 0. The van der Waals surface area contributed by atoms with Crippen molar-refractivity contribution in [2.75, 3.05) is 6.54 Å². The number of rotatable bonds is 4. The number of halogens is 1. The molecule has 1 aromatic carbocycles. The van der Waals surface area contributed by atoms with E-state index < -0.39 is 17.7 Å². The fourth-order valence-corrected chi connectivity index (χ4v) is 2.22. The minimum Gasteiger partial charge on any atom is -0.466 e. The van der Waals surface area contributed by atoms with Crippen molar-refractivity contribution in [2.24, 2.45) is 0 Å². The molecule has 0 saturated heterocycles. The fraction of sp³-hybridized carbons (Fsp3) is 0.188. The molecular weight excluding hydrogens is 334 g/mol. The molecule has 0 aliphatic rings. The summed E-state index contributed by atoms with van der Waals surface area (Å²) in [6, 6.07) is 8.04. The van der Waals surface area contributed by atoms with Crippen LogP contribution in [-0.2, 0) is 4.79 Å². The number of hydrazine groups is 1. The highest BCUT2D eigenvalue weighted by atomic mass is 35.5. The van der Waals surface area contributed by atoms with Crippen LogP contribution < -0.4 is 16.2 Å². The second kappa shape index (κ2) is 7.65. The van der Waals surface area contributed by atoms with Crippen LogP contribution in [0.25, 0.3) is 0 Å². The SMILES string of the molecule is Cc1cc(C(=O)NNC(=O)CNC(=O)c2ccccc2Cl)c(C)o1. The smallest absolute Gasteiger partial charge is 0.273 e. The van der Waals surface area contributed by atoms with E-state index in [0.29, 0.717) is 17.1 Å². The van der Waals surface area contributed by atoms with E-state index in [2.05, 4.69) is 16.2 Å². The summed E-state index contributed by atoms with van der Waals surface area (Å²) < 4.78 is 5.24. The van der Waals surface area contributed by atoms with Crippen molar-refractivity contribution < 1.29 is 18.8 Å². The van der Waals surface area contributed by atoms with Gasteiger partial charge in [-0.15, -0.1) is 0 Å². The third-order valence-electron chi connectivity index (χ3n) is 3.13. The van der Waals surface area contributed by atoms with E-state index in [1.165, 1.54) is 0 Å². The van der Waals surface area contributed by atoms with E-state index in [4.69, 9.17) is 16.0 Å².